The summed E-state index contributed by atoms with van der Waals surface area (Å²) in [5, 5.41) is 7.07. The fourth-order valence-corrected chi connectivity index (χ4v) is 1.87. The lowest BCUT2D eigenvalue weighted by Crippen LogP contribution is -2.34. The highest BCUT2D eigenvalue weighted by Gasteiger charge is 2.06. The molecule has 0 fully saturated rings. The third-order valence-electron chi connectivity index (χ3n) is 3.01. The highest BCUT2D eigenvalue weighted by atomic mass is 14.9. The smallest absolute Gasteiger partial charge is 0.00412 e. The number of nitrogens with one attached hydrogen (secondary N) is 2. The molecule has 0 aromatic heterocycles. The fraction of sp³-hybridized carbons (Fsp3) is 1.00. The van der Waals surface area contributed by atoms with Gasteiger partial charge in [0.15, 0.2) is 0 Å². The van der Waals surface area contributed by atoms with Crippen LogP contribution < -0.4 is 10.6 Å². The highest BCUT2D eigenvalue weighted by molar-refractivity contribution is 4.68. The van der Waals surface area contributed by atoms with Crippen LogP contribution >= 0.6 is 0 Å². The molecule has 0 radical (unpaired) electrons. The quantitative estimate of drug-likeness (QED) is 0.616. The van der Waals surface area contributed by atoms with Gasteiger partial charge in [0.2, 0.25) is 0 Å². The third kappa shape index (κ3) is 8.88. The Morgan fingerprint density at radius 1 is 0.867 bits per heavy atom. The summed E-state index contributed by atoms with van der Waals surface area (Å²) in [5.41, 5.74) is 0. The van der Waals surface area contributed by atoms with Crippen molar-refractivity contribution in [2.75, 3.05) is 6.54 Å². The molecule has 0 aromatic rings. The van der Waals surface area contributed by atoms with E-state index >= 15 is 0 Å². The van der Waals surface area contributed by atoms with Crippen molar-refractivity contribution in [3.05, 3.63) is 0 Å². The molecule has 0 saturated carbocycles. The summed E-state index contributed by atoms with van der Waals surface area (Å²) in [7, 11) is 0. The summed E-state index contributed by atoms with van der Waals surface area (Å²) in [5.74, 6) is 0. The summed E-state index contributed by atoms with van der Waals surface area (Å²) in [6.45, 7) is 12.3. The molecule has 0 rings (SSSR count). The number of rotatable bonds is 9. The molecule has 0 aliphatic carbocycles. The van der Waals surface area contributed by atoms with Crippen LogP contribution in [0.2, 0.25) is 0 Å². The van der Waals surface area contributed by atoms with Gasteiger partial charge >= 0.3 is 0 Å². The monoisotopic (exact) mass is 214 g/mol. The van der Waals surface area contributed by atoms with Crippen molar-refractivity contribution in [2.24, 2.45) is 0 Å². The zero-order valence-electron chi connectivity index (χ0n) is 11.3. The van der Waals surface area contributed by atoms with Gasteiger partial charge in [0.05, 0.1) is 0 Å². The minimum absolute atomic E-state index is 0.659. The second kappa shape index (κ2) is 9.17. The van der Waals surface area contributed by atoms with Crippen molar-refractivity contribution in [1.82, 2.24) is 10.6 Å². The summed E-state index contributed by atoms with van der Waals surface area (Å²) in [4.78, 5) is 0. The van der Waals surface area contributed by atoms with Crippen molar-refractivity contribution in [1.29, 1.82) is 0 Å². The van der Waals surface area contributed by atoms with Crippen molar-refractivity contribution < 1.29 is 0 Å². The SMILES string of the molecule is CCN[C@H](C)CCCC(C)N[C@@H](C)CC. The second-order valence-electron chi connectivity index (χ2n) is 4.77. The Labute approximate surface area is 96.2 Å². The summed E-state index contributed by atoms with van der Waals surface area (Å²) < 4.78 is 0. The first kappa shape index (κ1) is 14.9. The van der Waals surface area contributed by atoms with Crippen LogP contribution in [0.1, 0.15) is 60.3 Å². The Bertz CT molecular complexity index is 136. The molecule has 3 atom stereocenters. The third-order valence-corrected chi connectivity index (χ3v) is 3.01. The predicted molar refractivity (Wildman–Crippen MR) is 69.3 cm³/mol. The predicted octanol–water partition coefficient (Wildman–Crippen LogP) is 2.93. The maximum atomic E-state index is 3.61. The van der Waals surface area contributed by atoms with Gasteiger partial charge in [-0.3, -0.25) is 0 Å². The van der Waals surface area contributed by atoms with Gasteiger partial charge in [-0.25, -0.2) is 0 Å². The van der Waals surface area contributed by atoms with Gasteiger partial charge in [0.1, 0.15) is 0 Å². The lowest BCUT2D eigenvalue weighted by Gasteiger charge is -2.19. The van der Waals surface area contributed by atoms with E-state index in [1.54, 1.807) is 0 Å². The largest absolute Gasteiger partial charge is 0.315 e. The molecule has 0 heterocycles. The summed E-state index contributed by atoms with van der Waals surface area (Å²) >= 11 is 0. The standard InChI is InChI=1S/C13H30N2/c1-6-11(3)15-13(5)10-8-9-12(4)14-7-2/h11-15H,6-10H2,1-5H3/t11-,12+,13?/m0/s1. The molecule has 0 aliphatic rings. The molecular formula is C13H30N2. The number of hydrogen-bond acceptors (Lipinski definition) is 2. The van der Waals surface area contributed by atoms with Gasteiger partial charge in [0, 0.05) is 18.1 Å². The highest BCUT2D eigenvalue weighted by Crippen LogP contribution is 2.05. The van der Waals surface area contributed by atoms with E-state index in [2.05, 4.69) is 45.3 Å². The van der Waals surface area contributed by atoms with E-state index < -0.39 is 0 Å². The normalized spacial score (nSPS) is 17.4. The van der Waals surface area contributed by atoms with E-state index in [0.717, 1.165) is 6.54 Å². The first-order chi connectivity index (χ1) is 7.10. The van der Waals surface area contributed by atoms with E-state index in [9.17, 15) is 0 Å². The summed E-state index contributed by atoms with van der Waals surface area (Å²) in [6, 6.07) is 1.99. The molecule has 0 amide bonds. The van der Waals surface area contributed by atoms with Crippen LogP contribution in [0.4, 0.5) is 0 Å². The maximum absolute atomic E-state index is 3.61. The Morgan fingerprint density at radius 2 is 1.47 bits per heavy atom. The second-order valence-corrected chi connectivity index (χ2v) is 4.77. The Kier molecular flexibility index (Phi) is 9.12. The van der Waals surface area contributed by atoms with E-state index in [4.69, 9.17) is 0 Å². The van der Waals surface area contributed by atoms with E-state index in [1.807, 2.05) is 0 Å². The Balaban J connectivity index is 3.41. The molecule has 0 aliphatic heterocycles. The molecular weight excluding hydrogens is 184 g/mol. The first-order valence-corrected chi connectivity index (χ1v) is 6.59. The van der Waals surface area contributed by atoms with Crippen LogP contribution in [0.3, 0.4) is 0 Å². The first-order valence-electron chi connectivity index (χ1n) is 6.59. The molecule has 15 heavy (non-hydrogen) atoms. The van der Waals surface area contributed by atoms with Gasteiger partial charge < -0.3 is 10.6 Å². The van der Waals surface area contributed by atoms with Crippen molar-refractivity contribution in [3.63, 3.8) is 0 Å². The van der Waals surface area contributed by atoms with Gasteiger partial charge in [0.25, 0.3) is 0 Å². The van der Waals surface area contributed by atoms with Gasteiger partial charge in [-0.1, -0.05) is 20.3 Å². The van der Waals surface area contributed by atoms with Gasteiger partial charge in [-0.2, -0.15) is 0 Å². The van der Waals surface area contributed by atoms with Crippen LogP contribution in [0, 0.1) is 0 Å². The van der Waals surface area contributed by atoms with Crippen LogP contribution in [-0.2, 0) is 0 Å². The van der Waals surface area contributed by atoms with Crippen LogP contribution in [-0.4, -0.2) is 24.7 Å². The minimum atomic E-state index is 0.659. The summed E-state index contributed by atoms with van der Waals surface area (Å²) in [6.07, 6.45) is 5.12. The van der Waals surface area contributed by atoms with Crippen LogP contribution in [0.15, 0.2) is 0 Å². The average Bonchev–Trinajstić information content (AvgIpc) is 2.18. The molecule has 0 bridgehead atoms. The molecule has 0 saturated heterocycles. The minimum Gasteiger partial charge on any atom is -0.315 e. The van der Waals surface area contributed by atoms with Crippen molar-refractivity contribution in [2.45, 2.75) is 78.4 Å². The fourth-order valence-electron chi connectivity index (χ4n) is 1.87. The topological polar surface area (TPSA) is 24.1 Å². The lowest BCUT2D eigenvalue weighted by atomic mass is 10.1. The van der Waals surface area contributed by atoms with Crippen LogP contribution in [0.5, 0.6) is 0 Å². The van der Waals surface area contributed by atoms with Crippen LogP contribution in [0.25, 0.3) is 0 Å². The maximum Gasteiger partial charge on any atom is 0.00412 e. The van der Waals surface area contributed by atoms with Crippen molar-refractivity contribution >= 4 is 0 Å². The zero-order chi connectivity index (χ0) is 11.7. The zero-order valence-corrected chi connectivity index (χ0v) is 11.3. The van der Waals surface area contributed by atoms with E-state index in [-0.39, 0.29) is 0 Å². The van der Waals surface area contributed by atoms with Gasteiger partial charge in [-0.15, -0.1) is 0 Å². The molecule has 2 N–H and O–H groups in total. The van der Waals surface area contributed by atoms with Gasteiger partial charge in [-0.05, 0) is 46.6 Å². The Hall–Kier alpha value is -0.0800. The molecule has 0 aromatic carbocycles. The average molecular weight is 214 g/mol. The Morgan fingerprint density at radius 3 is 2.00 bits per heavy atom. The van der Waals surface area contributed by atoms with E-state index in [1.165, 1.54) is 25.7 Å². The molecule has 2 heteroatoms. The molecule has 0 spiro atoms. The molecule has 2 nitrogen and oxygen atoms in total. The molecule has 92 valence electrons. The molecule has 1 unspecified atom stereocenters. The number of hydrogen-bond donors (Lipinski definition) is 2. The van der Waals surface area contributed by atoms with E-state index in [0.29, 0.717) is 18.1 Å². The van der Waals surface area contributed by atoms with Crippen molar-refractivity contribution in [3.8, 4) is 0 Å². The lowest BCUT2D eigenvalue weighted by molar-refractivity contribution is 0.410.